The van der Waals surface area contributed by atoms with Crippen LogP contribution in [0.4, 0.5) is 5.69 Å². The molecule has 0 bridgehead atoms. The van der Waals surface area contributed by atoms with Gasteiger partial charge in [0.05, 0.1) is 43.1 Å². The van der Waals surface area contributed by atoms with Gasteiger partial charge in [-0.05, 0) is 30.5 Å². The molecule has 2 N–H and O–H groups in total. The van der Waals surface area contributed by atoms with E-state index in [-0.39, 0.29) is 24.7 Å². The summed E-state index contributed by atoms with van der Waals surface area (Å²) in [6, 6.07) is 7.11. The van der Waals surface area contributed by atoms with Gasteiger partial charge in [-0.25, -0.2) is 8.42 Å². The molecule has 7 nitrogen and oxygen atoms in total. The van der Waals surface area contributed by atoms with Gasteiger partial charge in [0, 0.05) is 5.75 Å². The average Bonchev–Trinajstić information content (AvgIpc) is 2.74. The average molecular weight is 476 g/mol. The van der Waals surface area contributed by atoms with Crippen molar-refractivity contribution in [1.82, 2.24) is 0 Å². The van der Waals surface area contributed by atoms with Gasteiger partial charge in [0.15, 0.2) is 0 Å². The Morgan fingerprint density at radius 1 is 1.10 bits per heavy atom. The van der Waals surface area contributed by atoms with Gasteiger partial charge in [-0.1, -0.05) is 51.7 Å². The van der Waals surface area contributed by atoms with Crippen molar-refractivity contribution in [3.63, 3.8) is 0 Å². The monoisotopic (exact) mass is 475 g/mol. The molecular formula is C22H37NO6S2. The first-order valence-corrected chi connectivity index (χ1v) is 13.7. The maximum atomic E-state index is 12.9. The Kier molecular flexibility index (Phi) is 13.9. The van der Waals surface area contributed by atoms with Crippen LogP contribution >= 0.6 is 11.8 Å². The van der Waals surface area contributed by atoms with Crippen LogP contribution in [0.1, 0.15) is 70.5 Å². The van der Waals surface area contributed by atoms with Crippen molar-refractivity contribution >= 4 is 33.4 Å². The Morgan fingerprint density at radius 3 is 2.39 bits per heavy atom. The van der Waals surface area contributed by atoms with Crippen molar-refractivity contribution in [2.24, 2.45) is 0 Å². The number of benzene rings is 1. The van der Waals surface area contributed by atoms with Crippen molar-refractivity contribution in [3.05, 3.63) is 29.8 Å². The van der Waals surface area contributed by atoms with E-state index in [0.717, 1.165) is 31.2 Å². The van der Waals surface area contributed by atoms with Gasteiger partial charge >= 0.3 is 5.97 Å². The van der Waals surface area contributed by atoms with Crippen molar-refractivity contribution in [2.75, 3.05) is 34.9 Å². The summed E-state index contributed by atoms with van der Waals surface area (Å²) in [4.78, 5) is 10.5. The van der Waals surface area contributed by atoms with Gasteiger partial charge in [0.2, 0.25) is 10.0 Å². The van der Waals surface area contributed by atoms with E-state index in [1.54, 1.807) is 24.3 Å². The summed E-state index contributed by atoms with van der Waals surface area (Å²) in [5.74, 6) is 0.000731. The SMILES string of the molecule is CCCCCC(O)c1ccc(N(CSCCOCCC(=O)O)S(=O)(=O)CCCC)cc1. The normalized spacial score (nSPS) is 12.6. The number of ether oxygens (including phenoxy) is 1. The van der Waals surface area contributed by atoms with Crippen molar-refractivity contribution < 1.29 is 28.2 Å². The number of aliphatic hydroxyl groups is 1. The number of sulfonamides is 1. The lowest BCUT2D eigenvalue weighted by Crippen LogP contribution is -2.33. The lowest BCUT2D eigenvalue weighted by atomic mass is 10.0. The summed E-state index contributed by atoms with van der Waals surface area (Å²) < 4.78 is 32.5. The number of thioether (sulfide) groups is 1. The fourth-order valence-corrected chi connectivity index (χ4v) is 5.76. The summed E-state index contributed by atoms with van der Waals surface area (Å²) in [5, 5.41) is 19.0. The second kappa shape index (κ2) is 15.5. The molecule has 0 aliphatic carbocycles. The van der Waals surface area contributed by atoms with Crippen LogP contribution in [0.2, 0.25) is 0 Å². The van der Waals surface area contributed by atoms with Gasteiger partial charge in [-0.2, -0.15) is 0 Å². The Morgan fingerprint density at radius 2 is 1.77 bits per heavy atom. The van der Waals surface area contributed by atoms with Crippen LogP contribution in [0.25, 0.3) is 0 Å². The predicted molar refractivity (Wildman–Crippen MR) is 127 cm³/mol. The number of hydrogen-bond donors (Lipinski definition) is 2. The number of carboxylic acid groups (broad SMARTS) is 1. The highest BCUT2D eigenvalue weighted by molar-refractivity contribution is 8.01. The molecule has 1 atom stereocenters. The summed E-state index contributed by atoms with van der Waals surface area (Å²) in [5.41, 5.74) is 1.38. The molecule has 0 saturated carbocycles. The second-order valence-corrected chi connectivity index (χ2v) is 10.5. The zero-order chi connectivity index (χ0) is 23.1. The molecule has 1 rings (SSSR count). The lowest BCUT2D eigenvalue weighted by molar-refractivity contribution is -0.138. The highest BCUT2D eigenvalue weighted by Gasteiger charge is 2.22. The molecule has 0 saturated heterocycles. The number of hydrogen-bond acceptors (Lipinski definition) is 6. The molecule has 0 spiro atoms. The van der Waals surface area contributed by atoms with Crippen LogP contribution in [-0.4, -0.2) is 55.2 Å². The van der Waals surface area contributed by atoms with E-state index in [2.05, 4.69) is 6.92 Å². The molecule has 0 aliphatic rings. The summed E-state index contributed by atoms with van der Waals surface area (Å²) >= 11 is 1.42. The van der Waals surface area contributed by atoms with Crippen LogP contribution < -0.4 is 4.31 Å². The molecular weight excluding hydrogens is 438 g/mol. The summed E-state index contributed by atoms with van der Waals surface area (Å²) in [6.07, 6.45) is 4.64. The topological polar surface area (TPSA) is 104 Å². The number of carbonyl (C=O) groups is 1. The smallest absolute Gasteiger partial charge is 0.305 e. The predicted octanol–water partition coefficient (Wildman–Crippen LogP) is 4.42. The van der Waals surface area contributed by atoms with Gasteiger partial charge < -0.3 is 14.9 Å². The third kappa shape index (κ3) is 11.2. The highest BCUT2D eigenvalue weighted by atomic mass is 32.2. The van der Waals surface area contributed by atoms with Crippen LogP contribution in [0.3, 0.4) is 0 Å². The summed E-state index contributed by atoms with van der Waals surface area (Å²) in [6.45, 7) is 4.59. The minimum Gasteiger partial charge on any atom is -0.481 e. The van der Waals surface area contributed by atoms with Gasteiger partial charge in [-0.15, -0.1) is 11.8 Å². The molecule has 31 heavy (non-hydrogen) atoms. The van der Waals surface area contributed by atoms with E-state index in [1.807, 2.05) is 6.92 Å². The Bertz CT molecular complexity index is 724. The maximum Gasteiger partial charge on any atom is 0.305 e. The molecule has 0 fully saturated rings. The Balaban J connectivity index is 2.74. The van der Waals surface area contributed by atoms with E-state index < -0.39 is 22.1 Å². The number of nitrogens with zero attached hydrogens (tertiary/aromatic N) is 1. The molecule has 0 amide bonds. The molecule has 1 aromatic carbocycles. The number of carboxylic acids is 1. The van der Waals surface area contributed by atoms with Crippen LogP contribution in [-0.2, 0) is 19.6 Å². The Labute approximate surface area is 191 Å². The first-order chi connectivity index (χ1) is 14.8. The molecule has 0 heterocycles. The zero-order valence-corrected chi connectivity index (χ0v) is 20.3. The van der Waals surface area contributed by atoms with Gasteiger partial charge in [0.25, 0.3) is 0 Å². The summed E-state index contributed by atoms with van der Waals surface area (Å²) in [7, 11) is -3.47. The van der Waals surface area contributed by atoms with E-state index in [9.17, 15) is 18.3 Å². The zero-order valence-electron chi connectivity index (χ0n) is 18.7. The largest absolute Gasteiger partial charge is 0.481 e. The standard InChI is InChI=1S/C22H37NO6S2/c1-3-5-7-8-21(24)19-9-11-20(12-10-19)23(31(27,28)17-6-4-2)18-30-16-15-29-14-13-22(25)26/h9-12,21,24H,3-8,13-18H2,1-2H3,(H,25,26). The van der Waals surface area contributed by atoms with E-state index in [0.29, 0.717) is 30.9 Å². The number of rotatable bonds is 18. The molecule has 0 radical (unpaired) electrons. The molecule has 1 unspecified atom stereocenters. The maximum absolute atomic E-state index is 12.9. The number of unbranched alkanes of at least 4 members (excludes halogenated alkanes) is 3. The van der Waals surface area contributed by atoms with Crippen molar-refractivity contribution in [3.8, 4) is 0 Å². The third-order valence-electron chi connectivity index (χ3n) is 4.78. The number of aliphatic hydroxyl groups excluding tert-OH is 1. The van der Waals surface area contributed by atoms with Crippen LogP contribution in [0.5, 0.6) is 0 Å². The van der Waals surface area contributed by atoms with E-state index >= 15 is 0 Å². The lowest BCUT2D eigenvalue weighted by Gasteiger charge is -2.24. The number of anilines is 1. The first kappa shape index (κ1) is 27.7. The third-order valence-corrected chi connectivity index (χ3v) is 7.66. The van der Waals surface area contributed by atoms with E-state index in [1.165, 1.54) is 16.1 Å². The van der Waals surface area contributed by atoms with Crippen molar-refractivity contribution in [2.45, 2.75) is 64.9 Å². The minimum absolute atomic E-state index is 0.0428. The van der Waals surface area contributed by atoms with Crippen molar-refractivity contribution in [1.29, 1.82) is 0 Å². The highest BCUT2D eigenvalue weighted by Crippen LogP contribution is 2.26. The quantitative estimate of drug-likeness (QED) is 0.239. The first-order valence-electron chi connectivity index (χ1n) is 11.0. The number of aliphatic carboxylic acids is 1. The van der Waals surface area contributed by atoms with Gasteiger partial charge in [0.1, 0.15) is 0 Å². The fourth-order valence-electron chi connectivity index (χ4n) is 2.90. The molecule has 0 aromatic heterocycles. The Hall–Kier alpha value is -1.29. The molecule has 0 aliphatic heterocycles. The molecule has 1 aromatic rings. The van der Waals surface area contributed by atoms with E-state index in [4.69, 9.17) is 9.84 Å². The van der Waals surface area contributed by atoms with Crippen LogP contribution in [0, 0.1) is 0 Å². The second-order valence-electron chi connectivity index (χ2n) is 7.41. The van der Waals surface area contributed by atoms with Gasteiger partial charge in [-0.3, -0.25) is 9.10 Å². The fraction of sp³-hybridized carbons (Fsp3) is 0.682. The minimum atomic E-state index is -3.47. The molecule has 9 heteroatoms. The molecule has 178 valence electrons. The van der Waals surface area contributed by atoms with Crippen LogP contribution in [0.15, 0.2) is 24.3 Å².